The average molecular weight is 344 g/mol. The molecule has 5 nitrogen and oxygen atoms in total. The highest BCUT2D eigenvalue weighted by Gasteiger charge is 2.49. The summed E-state index contributed by atoms with van der Waals surface area (Å²) < 4.78 is 5.00. The molecule has 1 aromatic carbocycles. The Morgan fingerprint density at radius 2 is 2.00 bits per heavy atom. The van der Waals surface area contributed by atoms with Crippen molar-refractivity contribution >= 4 is 11.8 Å². The van der Waals surface area contributed by atoms with Crippen molar-refractivity contribution in [3.05, 3.63) is 35.9 Å². The molecule has 5 heteroatoms. The number of piperidine rings is 1. The van der Waals surface area contributed by atoms with Gasteiger partial charge in [0.15, 0.2) is 0 Å². The van der Waals surface area contributed by atoms with Gasteiger partial charge in [-0.25, -0.2) is 0 Å². The van der Waals surface area contributed by atoms with Crippen LogP contribution in [0.4, 0.5) is 0 Å². The molecule has 0 radical (unpaired) electrons. The summed E-state index contributed by atoms with van der Waals surface area (Å²) in [5.74, 6) is 0.352. The van der Waals surface area contributed by atoms with E-state index in [4.69, 9.17) is 4.74 Å². The second-order valence-corrected chi connectivity index (χ2v) is 7.22. The minimum absolute atomic E-state index is 0.105. The summed E-state index contributed by atoms with van der Waals surface area (Å²) >= 11 is 0. The highest BCUT2D eigenvalue weighted by atomic mass is 16.5. The third-order valence-electron chi connectivity index (χ3n) is 5.56. The zero-order valence-electron chi connectivity index (χ0n) is 15.1. The fourth-order valence-electron chi connectivity index (χ4n) is 4.09. The Morgan fingerprint density at radius 3 is 2.76 bits per heavy atom. The number of carbonyl (C=O) groups is 2. The lowest BCUT2D eigenvalue weighted by Crippen LogP contribution is -2.50. The standard InChI is InChI=1S/C20H28N2O3/c1-25-15-9-18(23)22-14-11-20(16-22)10-5-12-21(19(20)24)13-8-17-6-3-2-4-7-17/h2-4,6-7H,5,8-16H2,1H3/t20-/m0/s1. The van der Waals surface area contributed by atoms with Gasteiger partial charge in [0.05, 0.1) is 18.4 Å². The van der Waals surface area contributed by atoms with E-state index in [2.05, 4.69) is 12.1 Å². The number of carbonyl (C=O) groups excluding carboxylic acids is 2. The van der Waals surface area contributed by atoms with Crippen LogP contribution in [0.2, 0.25) is 0 Å². The maximum atomic E-state index is 13.1. The maximum absolute atomic E-state index is 13.1. The second-order valence-electron chi connectivity index (χ2n) is 7.22. The molecule has 0 saturated carbocycles. The molecule has 0 N–H and O–H groups in total. The molecule has 1 aromatic rings. The first-order valence-electron chi connectivity index (χ1n) is 9.25. The predicted octanol–water partition coefficient (Wildman–Crippen LogP) is 2.11. The van der Waals surface area contributed by atoms with E-state index >= 15 is 0 Å². The number of rotatable bonds is 6. The van der Waals surface area contributed by atoms with Crippen LogP contribution in [0.25, 0.3) is 0 Å². The molecule has 1 spiro atoms. The first-order chi connectivity index (χ1) is 12.1. The molecule has 2 amide bonds. The molecule has 0 bridgehead atoms. The first kappa shape index (κ1) is 17.9. The van der Waals surface area contributed by atoms with Gasteiger partial charge in [0, 0.05) is 33.3 Å². The number of hydrogen-bond donors (Lipinski definition) is 0. The van der Waals surface area contributed by atoms with Gasteiger partial charge in [0.2, 0.25) is 11.8 Å². The summed E-state index contributed by atoms with van der Waals surface area (Å²) in [7, 11) is 1.61. The lowest BCUT2D eigenvalue weighted by atomic mass is 9.78. The molecule has 136 valence electrons. The molecular formula is C20H28N2O3. The third-order valence-corrected chi connectivity index (χ3v) is 5.56. The van der Waals surface area contributed by atoms with Gasteiger partial charge in [-0.05, 0) is 31.2 Å². The Balaban J connectivity index is 1.59. The average Bonchev–Trinajstić information content (AvgIpc) is 3.07. The highest BCUT2D eigenvalue weighted by Crippen LogP contribution is 2.40. The normalized spacial score (nSPS) is 23.5. The molecule has 1 atom stereocenters. The number of likely N-dealkylation sites (tertiary alicyclic amines) is 2. The van der Waals surface area contributed by atoms with Gasteiger partial charge in [-0.3, -0.25) is 9.59 Å². The van der Waals surface area contributed by atoms with Gasteiger partial charge in [0.1, 0.15) is 0 Å². The van der Waals surface area contributed by atoms with Crippen molar-refractivity contribution in [2.45, 2.75) is 32.1 Å². The molecule has 0 aliphatic carbocycles. The fourth-order valence-corrected chi connectivity index (χ4v) is 4.09. The van der Waals surface area contributed by atoms with E-state index in [1.165, 1.54) is 5.56 Å². The minimum Gasteiger partial charge on any atom is -0.384 e. The van der Waals surface area contributed by atoms with Crippen LogP contribution in [0.15, 0.2) is 30.3 Å². The SMILES string of the molecule is COCCC(=O)N1CC[C@@]2(CCCN(CCc3ccccc3)C2=O)C1. The Bertz CT molecular complexity index is 604. The Morgan fingerprint density at radius 1 is 1.20 bits per heavy atom. The van der Waals surface area contributed by atoms with Crippen LogP contribution < -0.4 is 0 Å². The molecular weight excluding hydrogens is 316 g/mol. The Labute approximate surface area is 149 Å². The molecule has 2 fully saturated rings. The molecule has 3 rings (SSSR count). The van der Waals surface area contributed by atoms with Crippen LogP contribution in [-0.4, -0.2) is 61.5 Å². The Kier molecular flexibility index (Phi) is 5.74. The third kappa shape index (κ3) is 4.03. The number of amides is 2. The number of benzene rings is 1. The van der Waals surface area contributed by atoms with Crippen LogP contribution >= 0.6 is 0 Å². The topological polar surface area (TPSA) is 49.9 Å². The maximum Gasteiger partial charge on any atom is 0.230 e. The van der Waals surface area contributed by atoms with Crippen molar-refractivity contribution < 1.29 is 14.3 Å². The summed E-state index contributed by atoms with van der Waals surface area (Å²) in [5.41, 5.74) is 0.912. The van der Waals surface area contributed by atoms with Crippen molar-refractivity contribution in [1.29, 1.82) is 0 Å². The summed E-state index contributed by atoms with van der Waals surface area (Å²) in [6.45, 7) is 3.32. The summed E-state index contributed by atoms with van der Waals surface area (Å²) in [5, 5.41) is 0. The van der Waals surface area contributed by atoms with E-state index < -0.39 is 0 Å². The van der Waals surface area contributed by atoms with Crippen molar-refractivity contribution in [3.63, 3.8) is 0 Å². The van der Waals surface area contributed by atoms with E-state index in [0.717, 1.165) is 38.8 Å². The molecule has 2 heterocycles. The number of methoxy groups -OCH3 is 1. The lowest BCUT2D eigenvalue weighted by Gasteiger charge is -2.39. The predicted molar refractivity (Wildman–Crippen MR) is 96.1 cm³/mol. The van der Waals surface area contributed by atoms with E-state index in [9.17, 15) is 9.59 Å². The summed E-state index contributed by atoms with van der Waals surface area (Å²) in [6, 6.07) is 10.3. The number of hydrogen-bond acceptors (Lipinski definition) is 3. The lowest BCUT2D eigenvalue weighted by molar-refractivity contribution is -0.146. The first-order valence-corrected chi connectivity index (χ1v) is 9.25. The quantitative estimate of drug-likeness (QED) is 0.794. The van der Waals surface area contributed by atoms with Crippen LogP contribution in [0.3, 0.4) is 0 Å². The van der Waals surface area contributed by atoms with E-state index in [1.807, 2.05) is 28.0 Å². The zero-order chi connectivity index (χ0) is 17.7. The van der Waals surface area contributed by atoms with Gasteiger partial charge < -0.3 is 14.5 Å². The van der Waals surface area contributed by atoms with Gasteiger partial charge in [0.25, 0.3) is 0 Å². The summed E-state index contributed by atoms with van der Waals surface area (Å²) in [6.07, 6.45) is 4.02. The second kappa shape index (κ2) is 8.00. The van der Waals surface area contributed by atoms with E-state index in [0.29, 0.717) is 26.1 Å². The van der Waals surface area contributed by atoms with Crippen molar-refractivity contribution in [2.24, 2.45) is 5.41 Å². The fraction of sp³-hybridized carbons (Fsp3) is 0.600. The van der Waals surface area contributed by atoms with E-state index in [1.54, 1.807) is 7.11 Å². The van der Waals surface area contributed by atoms with Crippen molar-refractivity contribution in [3.8, 4) is 0 Å². The molecule has 2 aliphatic heterocycles. The van der Waals surface area contributed by atoms with Gasteiger partial charge in [-0.15, -0.1) is 0 Å². The number of nitrogens with zero attached hydrogens (tertiary/aromatic N) is 2. The van der Waals surface area contributed by atoms with E-state index in [-0.39, 0.29) is 17.2 Å². The van der Waals surface area contributed by atoms with Crippen LogP contribution in [-0.2, 0) is 20.7 Å². The zero-order valence-corrected chi connectivity index (χ0v) is 15.1. The molecule has 25 heavy (non-hydrogen) atoms. The van der Waals surface area contributed by atoms with Gasteiger partial charge in [-0.1, -0.05) is 30.3 Å². The summed E-state index contributed by atoms with van der Waals surface area (Å²) in [4.78, 5) is 29.2. The van der Waals surface area contributed by atoms with Crippen LogP contribution in [0.5, 0.6) is 0 Å². The molecule has 2 saturated heterocycles. The van der Waals surface area contributed by atoms with Crippen LogP contribution in [0.1, 0.15) is 31.2 Å². The van der Waals surface area contributed by atoms with Gasteiger partial charge >= 0.3 is 0 Å². The van der Waals surface area contributed by atoms with Crippen LogP contribution in [0, 0.1) is 5.41 Å². The largest absolute Gasteiger partial charge is 0.384 e. The smallest absolute Gasteiger partial charge is 0.230 e. The highest BCUT2D eigenvalue weighted by molar-refractivity contribution is 5.86. The molecule has 2 aliphatic rings. The minimum atomic E-state index is -0.350. The monoisotopic (exact) mass is 344 g/mol. The van der Waals surface area contributed by atoms with Crippen molar-refractivity contribution in [2.75, 3.05) is 39.9 Å². The van der Waals surface area contributed by atoms with Gasteiger partial charge in [-0.2, -0.15) is 0 Å². The van der Waals surface area contributed by atoms with Crippen molar-refractivity contribution in [1.82, 2.24) is 9.80 Å². The number of ether oxygens (including phenoxy) is 1. The molecule has 0 aromatic heterocycles. The molecule has 0 unspecified atom stereocenters. The Hall–Kier alpha value is -1.88.